The third kappa shape index (κ3) is 2.32. The molecule has 4 nitrogen and oxygen atoms in total. The number of piperidine rings is 1. The highest BCUT2D eigenvalue weighted by molar-refractivity contribution is 5.48. The van der Waals surface area contributed by atoms with Gasteiger partial charge in [-0.25, -0.2) is 4.85 Å². The fourth-order valence-corrected chi connectivity index (χ4v) is 3.32. The molecule has 0 aromatic carbocycles. The van der Waals surface area contributed by atoms with Gasteiger partial charge < -0.3 is 0 Å². The van der Waals surface area contributed by atoms with Crippen LogP contribution in [0.4, 0.5) is 5.69 Å². The lowest BCUT2D eigenvalue weighted by Crippen LogP contribution is -2.70. The summed E-state index contributed by atoms with van der Waals surface area (Å²) in [6.07, 6.45) is 3.09. The van der Waals surface area contributed by atoms with Gasteiger partial charge in [0, 0.05) is 43.5 Å². The highest BCUT2D eigenvalue weighted by atomic mass is 15.4. The molecule has 2 aliphatic rings. The van der Waals surface area contributed by atoms with Crippen molar-refractivity contribution in [3.8, 4) is 0 Å². The summed E-state index contributed by atoms with van der Waals surface area (Å²) >= 11 is 0. The van der Waals surface area contributed by atoms with Gasteiger partial charge >= 0.3 is 0 Å². The first kappa shape index (κ1) is 13.5. The van der Waals surface area contributed by atoms with Gasteiger partial charge in [0.1, 0.15) is 0 Å². The Morgan fingerprint density at radius 2 is 2.05 bits per heavy atom. The van der Waals surface area contributed by atoms with Gasteiger partial charge in [-0.1, -0.05) is 12.1 Å². The second kappa shape index (κ2) is 4.83. The average Bonchev–Trinajstić information content (AvgIpc) is 2.44. The Hall–Kier alpha value is -1.44. The molecule has 0 saturated carbocycles. The van der Waals surface area contributed by atoms with Crippen molar-refractivity contribution in [3.05, 3.63) is 35.4 Å². The molecule has 0 N–H and O–H groups in total. The fraction of sp³-hybridized carbons (Fsp3) is 0.625. The summed E-state index contributed by atoms with van der Waals surface area (Å²) in [6, 6.07) is 4.98. The maximum absolute atomic E-state index is 7.24. The standard InChI is InChI=1S/C16H22N4/c1-16(2,3)19-9-12-8-13(10-19)20(12)11-15-14(17-4)6-5-7-18-15/h5-7,12-13H,8-11H2,1-3H3. The first-order chi connectivity index (χ1) is 9.49. The molecule has 3 rings (SSSR count). The van der Waals surface area contributed by atoms with E-state index in [1.54, 1.807) is 6.20 Å². The molecule has 2 aliphatic heterocycles. The van der Waals surface area contributed by atoms with Crippen molar-refractivity contribution < 1.29 is 0 Å². The SMILES string of the molecule is [C-]#[N+]c1cccnc1CN1C2CC1CN(C(C)(C)C)C2. The lowest BCUT2D eigenvalue weighted by atomic mass is 9.84. The molecule has 1 aromatic rings. The van der Waals surface area contributed by atoms with Gasteiger partial charge in [0.25, 0.3) is 0 Å². The second-order valence-corrected chi connectivity index (χ2v) is 6.87. The van der Waals surface area contributed by atoms with Gasteiger partial charge in [0.15, 0.2) is 0 Å². The van der Waals surface area contributed by atoms with Crippen LogP contribution in [-0.2, 0) is 6.54 Å². The second-order valence-electron chi connectivity index (χ2n) is 6.87. The quantitative estimate of drug-likeness (QED) is 0.772. The molecule has 0 radical (unpaired) electrons. The Kier molecular flexibility index (Phi) is 3.27. The number of hydrogen-bond donors (Lipinski definition) is 0. The van der Waals surface area contributed by atoms with Gasteiger partial charge in [0.05, 0.1) is 12.3 Å². The number of piperazine rings is 1. The summed E-state index contributed by atoms with van der Waals surface area (Å²) in [6.45, 7) is 17.2. The van der Waals surface area contributed by atoms with Crippen LogP contribution in [0, 0.1) is 6.57 Å². The predicted octanol–water partition coefficient (Wildman–Crippen LogP) is 2.69. The Morgan fingerprint density at radius 1 is 1.35 bits per heavy atom. The van der Waals surface area contributed by atoms with E-state index in [9.17, 15) is 0 Å². The molecule has 2 bridgehead atoms. The first-order valence-electron chi connectivity index (χ1n) is 7.31. The number of hydrogen-bond acceptors (Lipinski definition) is 3. The van der Waals surface area contributed by atoms with E-state index in [2.05, 4.69) is 40.4 Å². The van der Waals surface area contributed by atoms with Crippen molar-refractivity contribution >= 4 is 5.69 Å². The lowest BCUT2D eigenvalue weighted by Gasteiger charge is -2.59. The molecule has 0 aliphatic carbocycles. The Morgan fingerprint density at radius 3 is 2.65 bits per heavy atom. The number of likely N-dealkylation sites (tertiary alicyclic amines) is 2. The minimum Gasteiger partial charge on any atom is -0.295 e. The smallest absolute Gasteiger partial charge is 0.209 e. The Labute approximate surface area is 121 Å². The van der Waals surface area contributed by atoms with Crippen LogP contribution in [0.15, 0.2) is 18.3 Å². The molecule has 0 amide bonds. The normalized spacial score (nSPS) is 26.9. The molecule has 2 unspecified atom stereocenters. The Bertz CT molecular complexity index is 528. The maximum Gasteiger partial charge on any atom is 0.209 e. The summed E-state index contributed by atoms with van der Waals surface area (Å²) in [4.78, 5) is 13.1. The summed E-state index contributed by atoms with van der Waals surface area (Å²) < 4.78 is 0. The van der Waals surface area contributed by atoms with Crippen LogP contribution in [0.1, 0.15) is 32.9 Å². The van der Waals surface area contributed by atoms with Gasteiger partial charge in [-0.05, 0) is 27.2 Å². The Balaban J connectivity index is 1.69. The van der Waals surface area contributed by atoms with Crippen LogP contribution < -0.4 is 0 Å². The van der Waals surface area contributed by atoms with E-state index in [1.165, 1.54) is 6.42 Å². The van der Waals surface area contributed by atoms with Crippen LogP contribution in [0.5, 0.6) is 0 Å². The molecule has 2 atom stereocenters. The first-order valence-corrected chi connectivity index (χ1v) is 7.31. The molecule has 20 heavy (non-hydrogen) atoms. The number of rotatable bonds is 2. The number of pyridine rings is 1. The van der Waals surface area contributed by atoms with Crippen molar-refractivity contribution in [1.82, 2.24) is 14.8 Å². The third-order valence-electron chi connectivity index (χ3n) is 4.61. The van der Waals surface area contributed by atoms with Gasteiger partial charge in [0.2, 0.25) is 5.69 Å². The van der Waals surface area contributed by atoms with Crippen LogP contribution >= 0.6 is 0 Å². The molecule has 3 heterocycles. The van der Waals surface area contributed by atoms with E-state index in [-0.39, 0.29) is 5.54 Å². The largest absolute Gasteiger partial charge is 0.295 e. The number of fused-ring (bicyclic) bond motifs is 2. The van der Waals surface area contributed by atoms with Crippen LogP contribution in [0.3, 0.4) is 0 Å². The fourth-order valence-electron chi connectivity index (χ4n) is 3.32. The monoisotopic (exact) mass is 270 g/mol. The molecule has 2 saturated heterocycles. The van der Waals surface area contributed by atoms with E-state index in [0.717, 1.165) is 25.3 Å². The number of aromatic nitrogens is 1. The van der Waals surface area contributed by atoms with Crippen molar-refractivity contribution in [3.63, 3.8) is 0 Å². The van der Waals surface area contributed by atoms with E-state index < -0.39 is 0 Å². The van der Waals surface area contributed by atoms with Crippen molar-refractivity contribution in [2.45, 2.75) is 51.4 Å². The zero-order valence-electron chi connectivity index (χ0n) is 12.5. The zero-order chi connectivity index (χ0) is 14.3. The molecule has 2 fully saturated rings. The minimum atomic E-state index is 0.260. The van der Waals surface area contributed by atoms with E-state index in [4.69, 9.17) is 6.57 Å². The molecule has 0 spiro atoms. The van der Waals surface area contributed by atoms with Crippen LogP contribution in [-0.4, -0.2) is 45.5 Å². The van der Waals surface area contributed by atoms with Crippen molar-refractivity contribution in [1.29, 1.82) is 0 Å². The number of nitrogens with zero attached hydrogens (tertiary/aromatic N) is 4. The van der Waals surface area contributed by atoms with Crippen molar-refractivity contribution in [2.75, 3.05) is 13.1 Å². The predicted molar refractivity (Wildman–Crippen MR) is 79.6 cm³/mol. The highest BCUT2D eigenvalue weighted by Gasteiger charge is 2.46. The lowest BCUT2D eigenvalue weighted by molar-refractivity contribution is -0.100. The molecule has 4 heteroatoms. The van der Waals surface area contributed by atoms with Crippen molar-refractivity contribution in [2.24, 2.45) is 0 Å². The van der Waals surface area contributed by atoms with E-state index >= 15 is 0 Å². The summed E-state index contributed by atoms with van der Waals surface area (Å²) in [7, 11) is 0. The zero-order valence-corrected chi connectivity index (χ0v) is 12.5. The van der Waals surface area contributed by atoms with Crippen LogP contribution in [0.25, 0.3) is 4.85 Å². The summed E-state index contributed by atoms with van der Waals surface area (Å²) in [5.41, 5.74) is 1.89. The topological polar surface area (TPSA) is 23.7 Å². The van der Waals surface area contributed by atoms with Gasteiger partial charge in [-0.2, -0.15) is 0 Å². The van der Waals surface area contributed by atoms with E-state index in [1.807, 2.05) is 12.1 Å². The molecule has 1 aromatic heterocycles. The molecular weight excluding hydrogens is 248 g/mol. The maximum atomic E-state index is 7.24. The molecule has 106 valence electrons. The summed E-state index contributed by atoms with van der Waals surface area (Å²) in [5.74, 6) is 0. The van der Waals surface area contributed by atoms with Gasteiger partial charge in [-0.15, -0.1) is 0 Å². The third-order valence-corrected chi connectivity index (χ3v) is 4.61. The minimum absolute atomic E-state index is 0.260. The van der Waals surface area contributed by atoms with Crippen LogP contribution in [0.2, 0.25) is 0 Å². The molecular formula is C16H22N4. The van der Waals surface area contributed by atoms with Gasteiger partial charge in [-0.3, -0.25) is 14.8 Å². The van der Waals surface area contributed by atoms with E-state index in [0.29, 0.717) is 17.8 Å². The average molecular weight is 270 g/mol. The summed E-state index contributed by atoms with van der Waals surface area (Å²) in [5, 5.41) is 0. The highest BCUT2D eigenvalue weighted by Crippen LogP contribution is 2.37.